The topological polar surface area (TPSA) is 75.6 Å². The number of nitrogens with one attached hydrogen (secondary N) is 1. The second kappa shape index (κ2) is 7.65. The fraction of sp³-hybridized carbons (Fsp3) is 0. The lowest BCUT2D eigenvalue weighted by molar-refractivity contribution is 0.0696. The van der Waals surface area contributed by atoms with Gasteiger partial charge in [-0.15, -0.1) is 0 Å². The van der Waals surface area contributed by atoms with E-state index in [9.17, 15) is 18.4 Å². The Labute approximate surface area is 152 Å². The average Bonchev–Trinajstić information content (AvgIpc) is 2.63. The third-order valence-corrected chi connectivity index (χ3v) is 3.65. The summed E-state index contributed by atoms with van der Waals surface area (Å²) in [5.41, 5.74) is -0.399. The number of carboxylic acid groups (broad SMARTS) is 1. The fourth-order valence-corrected chi connectivity index (χ4v) is 2.35. The molecule has 3 rings (SSSR count). The zero-order valence-electron chi connectivity index (χ0n) is 13.8. The predicted octanol–water partition coefficient (Wildman–Crippen LogP) is 4.71. The Kier molecular flexibility index (Phi) is 5.12. The van der Waals surface area contributed by atoms with Crippen molar-refractivity contribution < 1.29 is 28.2 Å². The van der Waals surface area contributed by atoms with Gasteiger partial charge in [0.2, 0.25) is 0 Å². The first-order valence-corrected chi connectivity index (χ1v) is 7.81. The Balaban J connectivity index is 1.84. The monoisotopic (exact) mass is 369 g/mol. The summed E-state index contributed by atoms with van der Waals surface area (Å²) in [5.74, 6) is -3.42. The normalized spacial score (nSPS) is 10.3. The molecule has 27 heavy (non-hydrogen) atoms. The number of hydrogen-bond acceptors (Lipinski definition) is 3. The van der Waals surface area contributed by atoms with Crippen molar-refractivity contribution in [2.75, 3.05) is 5.32 Å². The summed E-state index contributed by atoms with van der Waals surface area (Å²) < 4.78 is 33.2. The Hall–Kier alpha value is -3.74. The second-order valence-electron chi connectivity index (χ2n) is 5.48. The summed E-state index contributed by atoms with van der Waals surface area (Å²) in [6.45, 7) is 0. The largest absolute Gasteiger partial charge is 0.478 e. The summed E-state index contributed by atoms with van der Waals surface area (Å²) in [4.78, 5) is 23.2. The van der Waals surface area contributed by atoms with E-state index < -0.39 is 29.1 Å². The van der Waals surface area contributed by atoms with Crippen molar-refractivity contribution in [2.24, 2.45) is 0 Å². The molecule has 2 N–H and O–H groups in total. The van der Waals surface area contributed by atoms with Gasteiger partial charge in [0.25, 0.3) is 5.91 Å². The van der Waals surface area contributed by atoms with Gasteiger partial charge in [-0.05, 0) is 48.5 Å². The van der Waals surface area contributed by atoms with Crippen LogP contribution in [0, 0.1) is 11.6 Å². The SMILES string of the molecule is O=C(O)c1ccc(Oc2ccccc2NC(=O)c2c(F)cccc2F)cc1. The van der Waals surface area contributed by atoms with Crippen LogP contribution in [-0.4, -0.2) is 17.0 Å². The predicted molar refractivity (Wildman–Crippen MR) is 94.2 cm³/mol. The van der Waals surface area contributed by atoms with Gasteiger partial charge >= 0.3 is 5.97 Å². The number of para-hydroxylation sites is 2. The molecule has 0 spiro atoms. The molecule has 0 atom stereocenters. The number of rotatable bonds is 5. The number of halogens is 2. The van der Waals surface area contributed by atoms with Crippen LogP contribution in [-0.2, 0) is 0 Å². The number of benzene rings is 3. The molecule has 0 radical (unpaired) electrons. The van der Waals surface area contributed by atoms with E-state index in [1.165, 1.54) is 36.4 Å². The molecule has 3 aromatic carbocycles. The number of anilines is 1. The summed E-state index contributed by atoms with van der Waals surface area (Å²) >= 11 is 0. The molecule has 0 saturated carbocycles. The third-order valence-electron chi connectivity index (χ3n) is 3.65. The summed E-state index contributed by atoms with van der Waals surface area (Å²) in [5, 5.41) is 11.3. The maximum atomic E-state index is 13.8. The first kappa shape index (κ1) is 18.1. The minimum atomic E-state index is -1.07. The molecular formula is C20H13F2NO4. The van der Waals surface area contributed by atoms with Crippen LogP contribution in [0.4, 0.5) is 14.5 Å². The van der Waals surface area contributed by atoms with E-state index in [4.69, 9.17) is 9.84 Å². The number of carbonyl (C=O) groups is 2. The standard InChI is InChI=1S/C20H13F2NO4/c21-14-4-3-5-15(22)18(14)19(24)23-16-6-1-2-7-17(16)27-13-10-8-12(9-11-13)20(25)26/h1-11H,(H,23,24)(H,25,26). The molecule has 3 aromatic rings. The lowest BCUT2D eigenvalue weighted by atomic mass is 10.1. The molecule has 0 saturated heterocycles. The lowest BCUT2D eigenvalue weighted by Gasteiger charge is -2.13. The van der Waals surface area contributed by atoms with Crippen LogP contribution in [0.1, 0.15) is 20.7 Å². The minimum Gasteiger partial charge on any atom is -0.478 e. The quantitative estimate of drug-likeness (QED) is 0.683. The van der Waals surface area contributed by atoms with Crippen molar-refractivity contribution in [3.63, 3.8) is 0 Å². The highest BCUT2D eigenvalue weighted by molar-refractivity contribution is 6.05. The van der Waals surface area contributed by atoms with Gasteiger partial charge in [0.15, 0.2) is 5.75 Å². The fourth-order valence-electron chi connectivity index (χ4n) is 2.35. The first-order chi connectivity index (χ1) is 13.0. The molecule has 0 aliphatic heterocycles. The Morgan fingerprint density at radius 2 is 1.48 bits per heavy atom. The Morgan fingerprint density at radius 3 is 2.11 bits per heavy atom. The van der Waals surface area contributed by atoms with Gasteiger partial charge in [-0.25, -0.2) is 13.6 Å². The van der Waals surface area contributed by atoms with Gasteiger partial charge in [-0.3, -0.25) is 4.79 Å². The van der Waals surface area contributed by atoms with Crippen molar-refractivity contribution in [2.45, 2.75) is 0 Å². The van der Waals surface area contributed by atoms with Gasteiger partial charge in [0.05, 0.1) is 11.3 Å². The lowest BCUT2D eigenvalue weighted by Crippen LogP contribution is -2.16. The molecule has 0 aliphatic carbocycles. The molecule has 0 bridgehead atoms. The zero-order valence-corrected chi connectivity index (χ0v) is 13.8. The van der Waals surface area contributed by atoms with Crippen LogP contribution in [0.3, 0.4) is 0 Å². The van der Waals surface area contributed by atoms with E-state index in [-0.39, 0.29) is 17.0 Å². The number of aromatic carboxylic acids is 1. The van der Waals surface area contributed by atoms with E-state index >= 15 is 0 Å². The van der Waals surface area contributed by atoms with Gasteiger partial charge in [-0.2, -0.15) is 0 Å². The molecule has 7 heteroatoms. The molecule has 0 aromatic heterocycles. The number of carbonyl (C=O) groups excluding carboxylic acids is 1. The molecule has 0 unspecified atom stereocenters. The van der Waals surface area contributed by atoms with Crippen LogP contribution in [0.15, 0.2) is 66.7 Å². The van der Waals surface area contributed by atoms with Crippen LogP contribution in [0.5, 0.6) is 11.5 Å². The van der Waals surface area contributed by atoms with Crippen molar-refractivity contribution in [3.8, 4) is 11.5 Å². The summed E-state index contributed by atoms with van der Waals surface area (Å²) in [6.07, 6.45) is 0. The van der Waals surface area contributed by atoms with Gasteiger partial charge < -0.3 is 15.2 Å². The number of amides is 1. The van der Waals surface area contributed by atoms with E-state index in [1.807, 2.05) is 0 Å². The second-order valence-corrected chi connectivity index (χ2v) is 5.48. The summed E-state index contributed by atoms with van der Waals surface area (Å²) in [7, 11) is 0. The highest BCUT2D eigenvalue weighted by atomic mass is 19.1. The Bertz CT molecular complexity index is 983. The highest BCUT2D eigenvalue weighted by Gasteiger charge is 2.18. The molecule has 1 amide bonds. The molecular weight excluding hydrogens is 356 g/mol. The first-order valence-electron chi connectivity index (χ1n) is 7.81. The van der Waals surface area contributed by atoms with Gasteiger partial charge in [-0.1, -0.05) is 18.2 Å². The number of hydrogen-bond donors (Lipinski definition) is 2. The Morgan fingerprint density at radius 1 is 0.852 bits per heavy atom. The van der Waals surface area contributed by atoms with E-state index in [0.29, 0.717) is 5.75 Å². The van der Waals surface area contributed by atoms with Crippen LogP contribution in [0.25, 0.3) is 0 Å². The van der Waals surface area contributed by atoms with Crippen molar-refractivity contribution in [1.29, 1.82) is 0 Å². The van der Waals surface area contributed by atoms with Gasteiger partial charge in [0.1, 0.15) is 22.9 Å². The minimum absolute atomic E-state index is 0.0963. The third kappa shape index (κ3) is 4.09. The molecule has 0 aliphatic rings. The van der Waals surface area contributed by atoms with Crippen LogP contribution < -0.4 is 10.1 Å². The maximum absolute atomic E-state index is 13.8. The molecule has 0 fully saturated rings. The van der Waals surface area contributed by atoms with Crippen LogP contribution >= 0.6 is 0 Å². The van der Waals surface area contributed by atoms with Gasteiger partial charge in [0, 0.05) is 0 Å². The van der Waals surface area contributed by atoms with E-state index in [2.05, 4.69) is 5.32 Å². The molecule has 136 valence electrons. The number of ether oxygens (including phenoxy) is 1. The van der Waals surface area contributed by atoms with Crippen molar-refractivity contribution in [3.05, 3.63) is 89.5 Å². The smallest absolute Gasteiger partial charge is 0.335 e. The van der Waals surface area contributed by atoms with E-state index in [0.717, 1.165) is 12.1 Å². The zero-order chi connectivity index (χ0) is 19.4. The van der Waals surface area contributed by atoms with Crippen molar-refractivity contribution in [1.82, 2.24) is 0 Å². The summed E-state index contributed by atoms with van der Waals surface area (Å²) in [6, 6.07) is 15.1. The van der Waals surface area contributed by atoms with Crippen LogP contribution in [0.2, 0.25) is 0 Å². The van der Waals surface area contributed by atoms with Crippen molar-refractivity contribution >= 4 is 17.6 Å². The number of carboxylic acids is 1. The average molecular weight is 369 g/mol. The van der Waals surface area contributed by atoms with E-state index in [1.54, 1.807) is 18.2 Å². The highest BCUT2D eigenvalue weighted by Crippen LogP contribution is 2.30. The molecule has 0 heterocycles. The molecule has 5 nitrogen and oxygen atoms in total. The maximum Gasteiger partial charge on any atom is 0.335 e.